The number of nitrogens with one attached hydrogen (secondary N) is 1. The Balaban J connectivity index is 2.00. The van der Waals surface area contributed by atoms with Crippen LogP contribution >= 0.6 is 0 Å². The summed E-state index contributed by atoms with van der Waals surface area (Å²) in [6.45, 7) is 3.62. The van der Waals surface area contributed by atoms with Gasteiger partial charge in [-0.05, 0) is 25.1 Å². The van der Waals surface area contributed by atoms with Gasteiger partial charge in [-0.1, -0.05) is 6.92 Å². The van der Waals surface area contributed by atoms with E-state index in [9.17, 15) is 26.7 Å². The van der Waals surface area contributed by atoms with Crippen molar-refractivity contribution in [1.29, 1.82) is 0 Å². The normalized spacial score (nSPS) is 20.2. The summed E-state index contributed by atoms with van der Waals surface area (Å²) in [5.74, 6) is -0.197. The van der Waals surface area contributed by atoms with Gasteiger partial charge in [0.05, 0.1) is 38.2 Å². The number of hydrogen-bond acceptors (Lipinski definition) is 8. The van der Waals surface area contributed by atoms with Gasteiger partial charge in [-0.25, -0.2) is 17.7 Å². The van der Waals surface area contributed by atoms with E-state index in [1.165, 1.54) is 40.6 Å². The first-order chi connectivity index (χ1) is 16.7. The molecule has 2 heterocycles. The van der Waals surface area contributed by atoms with Crippen LogP contribution in [0.1, 0.15) is 19.4 Å². The van der Waals surface area contributed by atoms with E-state index < -0.39 is 32.2 Å². The lowest BCUT2D eigenvalue weighted by Gasteiger charge is -2.33. The standard InChI is InChI=1S/C22H33N5O7S2/c1-15-10-27(16(2)13-28)22(29)9-17-8-18(24-36(32,33)21-12-25(3)14-23-21)6-7-19(17)34-20(15)11-26(4)35(5,30)31/h6-8,12,14-16,20,24,28H,9-11,13H2,1-5H3/t15-,16-,20-/m1/s1. The highest BCUT2D eigenvalue weighted by molar-refractivity contribution is 7.92. The van der Waals surface area contributed by atoms with Gasteiger partial charge in [-0.3, -0.25) is 9.52 Å². The van der Waals surface area contributed by atoms with E-state index in [1.54, 1.807) is 24.9 Å². The molecule has 0 saturated carbocycles. The second-order valence-corrected chi connectivity index (χ2v) is 13.0. The first kappa shape index (κ1) is 27.9. The number of aryl methyl sites for hydroxylation is 1. The number of benzene rings is 1. The Morgan fingerprint density at radius 2 is 2.00 bits per heavy atom. The molecular weight excluding hydrogens is 510 g/mol. The molecule has 0 saturated heterocycles. The van der Waals surface area contributed by atoms with Gasteiger partial charge in [0, 0.05) is 44.0 Å². The fourth-order valence-corrected chi connectivity index (χ4v) is 5.29. The lowest BCUT2D eigenvalue weighted by Crippen LogP contribution is -2.48. The number of nitrogens with zero attached hydrogens (tertiary/aromatic N) is 4. The van der Waals surface area contributed by atoms with Crippen molar-refractivity contribution in [1.82, 2.24) is 18.8 Å². The zero-order chi connectivity index (χ0) is 26.8. The third-order valence-corrected chi connectivity index (χ3v) is 8.68. The maximum absolute atomic E-state index is 13.2. The Kier molecular flexibility index (Phi) is 8.33. The summed E-state index contributed by atoms with van der Waals surface area (Å²) in [4.78, 5) is 18.7. The topological polar surface area (TPSA) is 151 Å². The largest absolute Gasteiger partial charge is 0.488 e. The van der Waals surface area contributed by atoms with Crippen molar-refractivity contribution < 1.29 is 31.5 Å². The quantitative estimate of drug-likeness (QED) is 0.481. The number of carbonyl (C=O) groups excluding carboxylic acids is 1. The lowest BCUT2D eigenvalue weighted by molar-refractivity contribution is -0.134. The van der Waals surface area contributed by atoms with Crippen LogP contribution in [0, 0.1) is 5.92 Å². The number of aromatic nitrogens is 2. The van der Waals surface area contributed by atoms with Crippen LogP contribution in [0.2, 0.25) is 0 Å². The Morgan fingerprint density at radius 1 is 1.31 bits per heavy atom. The maximum atomic E-state index is 13.2. The molecule has 0 fully saturated rings. The highest BCUT2D eigenvalue weighted by Crippen LogP contribution is 2.30. The number of aliphatic hydroxyl groups is 1. The molecule has 14 heteroatoms. The Bertz CT molecular complexity index is 1310. The van der Waals surface area contributed by atoms with Gasteiger partial charge in [0.1, 0.15) is 11.9 Å². The molecule has 1 aromatic heterocycles. The zero-order valence-corrected chi connectivity index (χ0v) is 22.6. The van der Waals surface area contributed by atoms with Crippen LogP contribution in [-0.4, -0.2) is 91.8 Å². The molecule has 2 aromatic rings. The van der Waals surface area contributed by atoms with Gasteiger partial charge in [-0.15, -0.1) is 0 Å². The first-order valence-electron chi connectivity index (χ1n) is 11.3. The van der Waals surface area contributed by atoms with E-state index in [1.807, 2.05) is 6.92 Å². The molecule has 1 amide bonds. The van der Waals surface area contributed by atoms with Gasteiger partial charge in [0.15, 0.2) is 5.03 Å². The molecule has 12 nitrogen and oxygen atoms in total. The van der Waals surface area contributed by atoms with Crippen LogP contribution in [-0.2, 0) is 38.3 Å². The van der Waals surface area contributed by atoms with Crippen LogP contribution < -0.4 is 9.46 Å². The van der Waals surface area contributed by atoms with Crippen molar-refractivity contribution in [2.24, 2.45) is 13.0 Å². The van der Waals surface area contributed by atoms with E-state index in [-0.39, 0.29) is 48.7 Å². The van der Waals surface area contributed by atoms with Crippen LogP contribution in [0.25, 0.3) is 0 Å². The van der Waals surface area contributed by atoms with Crippen molar-refractivity contribution in [3.05, 3.63) is 36.3 Å². The van der Waals surface area contributed by atoms with Crippen molar-refractivity contribution in [3.8, 4) is 5.75 Å². The summed E-state index contributed by atoms with van der Waals surface area (Å²) < 4.78 is 61.0. The zero-order valence-electron chi connectivity index (χ0n) is 20.9. The third-order valence-electron chi connectivity index (χ3n) is 6.13. The fourth-order valence-electron chi connectivity index (χ4n) is 3.83. The molecule has 1 aliphatic rings. The molecule has 36 heavy (non-hydrogen) atoms. The minimum atomic E-state index is -3.96. The van der Waals surface area contributed by atoms with Crippen molar-refractivity contribution in [3.63, 3.8) is 0 Å². The summed E-state index contributed by atoms with van der Waals surface area (Å²) in [5.41, 5.74) is 0.645. The van der Waals surface area contributed by atoms with Crippen LogP contribution in [0.3, 0.4) is 0 Å². The summed E-state index contributed by atoms with van der Waals surface area (Å²) in [6, 6.07) is 4.12. The fraction of sp³-hybridized carbons (Fsp3) is 0.545. The second kappa shape index (κ2) is 10.7. The van der Waals surface area contributed by atoms with Crippen molar-refractivity contribution >= 4 is 31.6 Å². The van der Waals surface area contributed by atoms with Gasteiger partial charge >= 0.3 is 0 Å². The summed E-state index contributed by atoms with van der Waals surface area (Å²) in [7, 11) is -4.34. The van der Waals surface area contributed by atoms with E-state index in [0.717, 1.165) is 6.26 Å². The van der Waals surface area contributed by atoms with Gasteiger partial charge < -0.3 is 19.3 Å². The van der Waals surface area contributed by atoms with Gasteiger partial charge in [-0.2, -0.15) is 8.42 Å². The highest BCUT2D eigenvalue weighted by Gasteiger charge is 2.32. The molecule has 3 atom stereocenters. The monoisotopic (exact) mass is 543 g/mol. The number of amides is 1. The minimum absolute atomic E-state index is 0.0447. The molecule has 200 valence electrons. The Morgan fingerprint density at radius 3 is 2.58 bits per heavy atom. The van der Waals surface area contributed by atoms with E-state index in [0.29, 0.717) is 11.3 Å². The van der Waals surface area contributed by atoms with Crippen LogP contribution in [0.4, 0.5) is 5.69 Å². The predicted molar refractivity (Wildman–Crippen MR) is 133 cm³/mol. The predicted octanol–water partition coefficient (Wildman–Crippen LogP) is 0.261. The molecule has 0 aliphatic carbocycles. The maximum Gasteiger partial charge on any atom is 0.280 e. The van der Waals surface area contributed by atoms with Crippen molar-refractivity contribution in [2.45, 2.75) is 37.4 Å². The van der Waals surface area contributed by atoms with E-state index in [4.69, 9.17) is 4.74 Å². The number of imidazole rings is 1. The molecule has 0 radical (unpaired) electrons. The number of ether oxygens (including phenoxy) is 1. The Labute approximate surface area is 212 Å². The number of hydrogen-bond donors (Lipinski definition) is 2. The lowest BCUT2D eigenvalue weighted by atomic mass is 10.0. The molecule has 0 bridgehead atoms. The number of rotatable bonds is 8. The van der Waals surface area contributed by atoms with Gasteiger partial charge in [0.2, 0.25) is 15.9 Å². The van der Waals surface area contributed by atoms with Gasteiger partial charge in [0.25, 0.3) is 10.0 Å². The summed E-state index contributed by atoms with van der Waals surface area (Å²) >= 11 is 0. The molecule has 3 rings (SSSR count). The number of anilines is 1. The summed E-state index contributed by atoms with van der Waals surface area (Å²) in [5, 5.41) is 9.57. The average molecular weight is 544 g/mol. The SMILES string of the molecule is C[C@@H]1CN([C@H](C)CO)C(=O)Cc2cc(NS(=O)(=O)c3cn(C)cn3)ccc2O[C@@H]1CN(C)S(C)(=O)=O. The van der Waals surface area contributed by atoms with Crippen molar-refractivity contribution in [2.75, 3.05) is 37.7 Å². The summed E-state index contributed by atoms with van der Waals surface area (Å²) in [6.07, 6.45) is 3.13. The number of likely N-dealkylation sites (N-methyl/N-ethyl adjacent to an activating group) is 1. The highest BCUT2D eigenvalue weighted by atomic mass is 32.2. The van der Waals surface area contributed by atoms with E-state index in [2.05, 4.69) is 9.71 Å². The molecule has 2 N–H and O–H groups in total. The first-order valence-corrected chi connectivity index (χ1v) is 14.7. The second-order valence-electron chi connectivity index (χ2n) is 9.24. The molecule has 0 unspecified atom stereocenters. The molecular formula is C22H33N5O7S2. The Hall–Kier alpha value is -2.68. The number of sulfonamides is 2. The minimum Gasteiger partial charge on any atom is -0.488 e. The number of fused-ring (bicyclic) bond motifs is 1. The van der Waals surface area contributed by atoms with Crippen LogP contribution in [0.15, 0.2) is 35.7 Å². The average Bonchev–Trinajstić information content (AvgIpc) is 3.24. The number of aliphatic hydroxyl groups excluding tert-OH is 1. The number of carbonyl (C=O) groups is 1. The molecule has 1 aromatic carbocycles. The third kappa shape index (κ3) is 6.55. The molecule has 1 aliphatic heterocycles. The van der Waals surface area contributed by atoms with E-state index >= 15 is 0 Å². The smallest absolute Gasteiger partial charge is 0.280 e. The van der Waals surface area contributed by atoms with Crippen LogP contribution in [0.5, 0.6) is 5.75 Å². The molecule has 0 spiro atoms.